The van der Waals surface area contributed by atoms with Crippen LogP contribution < -0.4 is 0 Å². The van der Waals surface area contributed by atoms with Crippen LogP contribution in [0.1, 0.15) is 45.4 Å². The van der Waals surface area contributed by atoms with Crippen molar-refractivity contribution in [1.82, 2.24) is 0 Å². The number of rotatable bonds is 6. The van der Waals surface area contributed by atoms with Crippen molar-refractivity contribution >= 4 is 23.5 Å². The van der Waals surface area contributed by atoms with Gasteiger partial charge in [-0.1, -0.05) is 6.92 Å². The average molecular weight is 290 g/mol. The van der Waals surface area contributed by atoms with E-state index in [1.807, 2.05) is 11.8 Å². The van der Waals surface area contributed by atoms with E-state index < -0.39 is 0 Å². The average Bonchev–Trinajstić information content (AvgIpc) is 2.91. The predicted molar refractivity (Wildman–Crippen MR) is 81.6 cm³/mol. The number of hydrogen-bond acceptors (Lipinski definition) is 4. The van der Waals surface area contributed by atoms with Crippen molar-refractivity contribution in [3.05, 3.63) is 0 Å². The molecule has 0 bridgehead atoms. The molecule has 0 spiro atoms. The first-order valence-electron chi connectivity index (χ1n) is 7.34. The first-order chi connectivity index (χ1) is 8.81. The molecule has 4 heteroatoms. The molecule has 2 heterocycles. The molecule has 0 aromatic rings. The lowest BCUT2D eigenvalue weighted by Crippen LogP contribution is -2.36. The van der Waals surface area contributed by atoms with Crippen LogP contribution >= 0.6 is 23.5 Å². The summed E-state index contributed by atoms with van der Waals surface area (Å²) in [4.78, 5) is 0. The molecule has 4 unspecified atom stereocenters. The fraction of sp³-hybridized carbons (Fsp3) is 1.00. The Hall–Kier alpha value is 0.620. The van der Waals surface area contributed by atoms with E-state index in [1.54, 1.807) is 0 Å². The molecule has 2 aliphatic heterocycles. The van der Waals surface area contributed by atoms with Gasteiger partial charge in [-0.05, 0) is 38.5 Å². The third-order valence-electron chi connectivity index (χ3n) is 3.92. The van der Waals surface area contributed by atoms with Gasteiger partial charge in [0, 0.05) is 28.6 Å². The zero-order chi connectivity index (χ0) is 12.8. The van der Waals surface area contributed by atoms with Gasteiger partial charge in [0.1, 0.15) is 0 Å². The van der Waals surface area contributed by atoms with Crippen LogP contribution in [0.5, 0.6) is 0 Å². The molecule has 0 aliphatic carbocycles. The van der Waals surface area contributed by atoms with E-state index in [0.29, 0.717) is 16.6 Å². The summed E-state index contributed by atoms with van der Waals surface area (Å²) < 4.78 is 5.63. The molecule has 1 N–H and O–H groups in total. The molecule has 2 rings (SSSR count). The Bertz CT molecular complexity index is 232. The summed E-state index contributed by atoms with van der Waals surface area (Å²) in [6, 6.07) is 0. The van der Waals surface area contributed by atoms with Crippen molar-refractivity contribution < 1.29 is 9.84 Å². The maximum Gasteiger partial charge on any atom is 0.0669 e. The summed E-state index contributed by atoms with van der Waals surface area (Å²) in [6.07, 6.45) is 7.20. The molecule has 106 valence electrons. The van der Waals surface area contributed by atoms with Crippen LogP contribution in [0.25, 0.3) is 0 Å². The maximum atomic E-state index is 10.4. The van der Waals surface area contributed by atoms with E-state index in [0.717, 1.165) is 25.9 Å². The fourth-order valence-corrected chi connectivity index (χ4v) is 6.07. The standard InChI is InChI=1S/C14H26O2S2/c1-2-13-14(18-10-9-17-13)12(15)7-3-5-11-6-4-8-16-11/h11-15H,2-10H2,1H3. The molecule has 0 aromatic carbocycles. The van der Waals surface area contributed by atoms with Crippen LogP contribution in [0.4, 0.5) is 0 Å². The maximum absolute atomic E-state index is 10.4. The fourth-order valence-electron chi connectivity index (χ4n) is 2.89. The number of thioether (sulfide) groups is 2. The van der Waals surface area contributed by atoms with Gasteiger partial charge in [-0.15, -0.1) is 0 Å². The Morgan fingerprint density at radius 1 is 1.33 bits per heavy atom. The molecule has 2 saturated heterocycles. The highest BCUT2D eigenvalue weighted by Gasteiger charge is 2.30. The Morgan fingerprint density at radius 3 is 2.89 bits per heavy atom. The van der Waals surface area contributed by atoms with Crippen molar-refractivity contribution in [2.75, 3.05) is 18.1 Å². The van der Waals surface area contributed by atoms with Gasteiger partial charge in [-0.2, -0.15) is 23.5 Å². The zero-order valence-electron chi connectivity index (χ0n) is 11.3. The highest BCUT2D eigenvalue weighted by molar-refractivity contribution is 8.07. The van der Waals surface area contributed by atoms with Crippen LogP contribution in [-0.4, -0.2) is 45.9 Å². The molecule has 0 saturated carbocycles. The Kier molecular flexibility index (Phi) is 6.70. The van der Waals surface area contributed by atoms with E-state index in [2.05, 4.69) is 18.7 Å². The number of hydrogen-bond donors (Lipinski definition) is 1. The lowest BCUT2D eigenvalue weighted by atomic mass is 10.0. The minimum Gasteiger partial charge on any atom is -0.392 e. The smallest absolute Gasteiger partial charge is 0.0669 e. The van der Waals surface area contributed by atoms with Gasteiger partial charge in [0.15, 0.2) is 0 Å². The summed E-state index contributed by atoms with van der Waals surface area (Å²) in [7, 11) is 0. The summed E-state index contributed by atoms with van der Waals surface area (Å²) in [5, 5.41) is 11.5. The second-order valence-corrected chi connectivity index (χ2v) is 7.92. The van der Waals surface area contributed by atoms with Gasteiger partial charge < -0.3 is 9.84 Å². The lowest BCUT2D eigenvalue weighted by Gasteiger charge is -2.33. The van der Waals surface area contributed by atoms with Gasteiger partial charge in [-0.25, -0.2) is 0 Å². The Morgan fingerprint density at radius 2 is 2.17 bits per heavy atom. The first kappa shape index (κ1) is 15.0. The molecule has 0 aromatic heterocycles. The molecule has 18 heavy (non-hydrogen) atoms. The van der Waals surface area contributed by atoms with E-state index in [1.165, 1.54) is 30.8 Å². The van der Waals surface area contributed by atoms with Gasteiger partial charge in [0.25, 0.3) is 0 Å². The van der Waals surface area contributed by atoms with E-state index >= 15 is 0 Å². The van der Waals surface area contributed by atoms with E-state index in [4.69, 9.17) is 4.74 Å². The first-order valence-corrected chi connectivity index (χ1v) is 9.44. The number of aliphatic hydroxyl groups is 1. The van der Waals surface area contributed by atoms with E-state index in [-0.39, 0.29) is 6.10 Å². The monoisotopic (exact) mass is 290 g/mol. The largest absolute Gasteiger partial charge is 0.392 e. The second-order valence-electron chi connectivity index (χ2n) is 5.29. The summed E-state index contributed by atoms with van der Waals surface area (Å²) in [5.74, 6) is 2.46. The number of aliphatic hydroxyl groups excluding tert-OH is 1. The molecule has 2 nitrogen and oxygen atoms in total. The molecular formula is C14H26O2S2. The summed E-state index contributed by atoms with van der Waals surface area (Å²) in [6.45, 7) is 3.19. The third-order valence-corrected chi connectivity index (χ3v) is 7.32. The quantitative estimate of drug-likeness (QED) is 0.812. The van der Waals surface area contributed by atoms with Gasteiger partial charge >= 0.3 is 0 Å². The SMILES string of the molecule is CCC1SCCSC1C(O)CCCC1CCCO1. The van der Waals surface area contributed by atoms with Crippen LogP contribution in [-0.2, 0) is 4.74 Å². The van der Waals surface area contributed by atoms with Crippen LogP contribution in [0.3, 0.4) is 0 Å². The third kappa shape index (κ3) is 4.32. The normalized spacial score (nSPS) is 34.7. The minimum absolute atomic E-state index is 0.117. The van der Waals surface area contributed by atoms with Crippen molar-refractivity contribution in [2.45, 2.75) is 68.2 Å². The highest BCUT2D eigenvalue weighted by Crippen LogP contribution is 2.36. The highest BCUT2D eigenvalue weighted by atomic mass is 32.2. The molecular weight excluding hydrogens is 264 g/mol. The summed E-state index contributed by atoms with van der Waals surface area (Å²) >= 11 is 4.04. The van der Waals surface area contributed by atoms with Crippen molar-refractivity contribution in [3.8, 4) is 0 Å². The molecule has 0 radical (unpaired) electrons. The van der Waals surface area contributed by atoms with Crippen molar-refractivity contribution in [3.63, 3.8) is 0 Å². The molecule has 2 aliphatic rings. The van der Waals surface area contributed by atoms with Gasteiger partial charge in [-0.3, -0.25) is 0 Å². The van der Waals surface area contributed by atoms with Crippen LogP contribution in [0, 0.1) is 0 Å². The molecule has 0 amide bonds. The van der Waals surface area contributed by atoms with Crippen LogP contribution in [0.2, 0.25) is 0 Å². The Labute approximate surface area is 120 Å². The van der Waals surface area contributed by atoms with Crippen LogP contribution in [0.15, 0.2) is 0 Å². The zero-order valence-corrected chi connectivity index (χ0v) is 13.0. The van der Waals surface area contributed by atoms with E-state index in [9.17, 15) is 5.11 Å². The van der Waals surface area contributed by atoms with Gasteiger partial charge in [0.05, 0.1) is 12.2 Å². The molecule has 2 fully saturated rings. The second kappa shape index (κ2) is 8.03. The van der Waals surface area contributed by atoms with Crippen molar-refractivity contribution in [1.29, 1.82) is 0 Å². The topological polar surface area (TPSA) is 29.5 Å². The van der Waals surface area contributed by atoms with Crippen molar-refractivity contribution in [2.24, 2.45) is 0 Å². The predicted octanol–water partition coefficient (Wildman–Crippen LogP) is 3.32. The van der Waals surface area contributed by atoms with Gasteiger partial charge in [0.2, 0.25) is 0 Å². The lowest BCUT2D eigenvalue weighted by molar-refractivity contribution is 0.0939. The molecule has 4 atom stereocenters. The number of ether oxygens (including phenoxy) is 1. The minimum atomic E-state index is -0.117. The summed E-state index contributed by atoms with van der Waals surface area (Å²) in [5.41, 5.74) is 0. The Balaban J connectivity index is 1.67.